The van der Waals surface area contributed by atoms with Crippen molar-refractivity contribution in [3.63, 3.8) is 0 Å². The van der Waals surface area contributed by atoms with E-state index in [-0.39, 0.29) is 11.8 Å². The second kappa shape index (κ2) is 4.51. The van der Waals surface area contributed by atoms with E-state index >= 15 is 0 Å². The maximum absolute atomic E-state index is 11.9. The summed E-state index contributed by atoms with van der Waals surface area (Å²) in [4.78, 5) is 4.55. The molecular formula is C12H20N2O3S. The van der Waals surface area contributed by atoms with Gasteiger partial charge in [0.15, 0.2) is 0 Å². The average molecular weight is 272 g/mol. The lowest BCUT2D eigenvalue weighted by Crippen LogP contribution is -2.48. The molecule has 0 radical (unpaired) electrons. The maximum Gasteiger partial charge on any atom is 0.310 e. The van der Waals surface area contributed by atoms with Crippen LogP contribution in [0.15, 0.2) is 11.3 Å². The largest absolute Gasteiger partial charge is 0.387 e. The summed E-state index contributed by atoms with van der Waals surface area (Å²) in [6, 6.07) is 0.0454. The Hall–Kier alpha value is -0.590. The fraction of sp³-hybridized carbons (Fsp3) is 0.833. The van der Waals surface area contributed by atoms with Crippen LogP contribution in [0.1, 0.15) is 19.3 Å². The topological polar surface area (TPSA) is 49.9 Å². The minimum Gasteiger partial charge on any atom is -0.387 e. The van der Waals surface area contributed by atoms with Crippen LogP contribution in [0.2, 0.25) is 0 Å². The molecule has 5 nitrogen and oxygen atoms in total. The molecule has 102 valence electrons. The molecule has 0 saturated carbocycles. The number of hydrogen-bond acceptors (Lipinski definition) is 5. The van der Waals surface area contributed by atoms with Crippen molar-refractivity contribution in [1.29, 1.82) is 0 Å². The molecule has 0 aromatic heterocycles. The van der Waals surface area contributed by atoms with E-state index in [9.17, 15) is 8.42 Å². The van der Waals surface area contributed by atoms with Crippen molar-refractivity contribution < 1.29 is 12.6 Å². The van der Waals surface area contributed by atoms with E-state index in [0.717, 1.165) is 38.4 Å². The van der Waals surface area contributed by atoms with Crippen molar-refractivity contribution in [3.8, 4) is 0 Å². The fourth-order valence-electron chi connectivity index (χ4n) is 3.16. The molecule has 3 rings (SSSR count). The molecule has 1 saturated heterocycles. The minimum atomic E-state index is -3.38. The highest BCUT2D eigenvalue weighted by atomic mass is 32.2. The van der Waals surface area contributed by atoms with Gasteiger partial charge in [-0.2, -0.15) is 8.42 Å². The average Bonchev–Trinajstić information content (AvgIpc) is 2.81. The van der Waals surface area contributed by atoms with Crippen molar-refractivity contribution in [3.05, 3.63) is 11.3 Å². The zero-order valence-corrected chi connectivity index (χ0v) is 11.6. The summed E-state index contributed by atoms with van der Waals surface area (Å²) in [7, 11) is -1.30. The normalized spacial score (nSPS) is 33.3. The molecule has 0 aromatic rings. The predicted octanol–water partition coefficient (Wildman–Crippen LogP) is 0.400. The van der Waals surface area contributed by atoms with Gasteiger partial charge in [0.1, 0.15) is 11.5 Å². The Morgan fingerprint density at radius 1 is 1.22 bits per heavy atom. The number of likely N-dealkylation sites (tertiary alicyclic amines) is 1. The Morgan fingerprint density at radius 2 is 1.94 bits per heavy atom. The first kappa shape index (κ1) is 12.4. The summed E-state index contributed by atoms with van der Waals surface area (Å²) >= 11 is 0. The van der Waals surface area contributed by atoms with E-state index in [1.165, 1.54) is 18.4 Å². The van der Waals surface area contributed by atoms with Gasteiger partial charge in [-0.1, -0.05) is 0 Å². The highest BCUT2D eigenvalue weighted by molar-refractivity contribution is 7.86. The first-order chi connectivity index (χ1) is 8.55. The predicted molar refractivity (Wildman–Crippen MR) is 68.6 cm³/mol. The third kappa shape index (κ3) is 2.29. The third-order valence-corrected chi connectivity index (χ3v) is 5.27. The summed E-state index contributed by atoms with van der Waals surface area (Å²) in [6.45, 7) is 3.74. The highest BCUT2D eigenvalue weighted by Crippen LogP contribution is 2.32. The molecule has 1 unspecified atom stereocenters. The van der Waals surface area contributed by atoms with Gasteiger partial charge in [0.25, 0.3) is 0 Å². The highest BCUT2D eigenvalue weighted by Gasteiger charge is 2.39. The number of nitrogens with zero attached hydrogens (tertiary/aromatic N) is 2. The van der Waals surface area contributed by atoms with Crippen LogP contribution >= 0.6 is 0 Å². The summed E-state index contributed by atoms with van der Waals surface area (Å²) in [5.74, 6) is 0.843. The molecule has 3 aliphatic rings. The second-order valence-electron chi connectivity index (χ2n) is 5.50. The summed E-state index contributed by atoms with van der Waals surface area (Å²) in [5.41, 5.74) is 1.19. The molecule has 0 aromatic carbocycles. The van der Waals surface area contributed by atoms with Gasteiger partial charge < -0.3 is 9.08 Å². The monoisotopic (exact) mass is 272 g/mol. The van der Waals surface area contributed by atoms with Gasteiger partial charge >= 0.3 is 10.1 Å². The van der Waals surface area contributed by atoms with Crippen LogP contribution in [-0.2, 0) is 14.3 Å². The Morgan fingerprint density at radius 3 is 2.67 bits per heavy atom. The summed E-state index contributed by atoms with van der Waals surface area (Å²) < 4.78 is 28.9. The lowest BCUT2D eigenvalue weighted by atomic mass is 10.0. The standard InChI is InChI=1S/C12H20N2O3S/c1-13-7-4-12-10(8-13)11(9-18(15,16)17-12)14-5-2-3-6-14/h11H,2-9H2,1H3. The second-order valence-corrected chi connectivity index (χ2v) is 7.12. The van der Waals surface area contributed by atoms with Gasteiger partial charge in [0, 0.05) is 25.1 Å². The minimum absolute atomic E-state index is 0.0454. The van der Waals surface area contributed by atoms with Gasteiger partial charge in [-0.25, -0.2) is 0 Å². The van der Waals surface area contributed by atoms with Crippen LogP contribution in [0, 0.1) is 0 Å². The van der Waals surface area contributed by atoms with E-state index in [0.29, 0.717) is 0 Å². The zero-order chi connectivity index (χ0) is 12.8. The molecule has 1 atom stereocenters. The molecule has 3 aliphatic heterocycles. The molecule has 18 heavy (non-hydrogen) atoms. The molecule has 6 heteroatoms. The van der Waals surface area contributed by atoms with Crippen molar-refractivity contribution in [1.82, 2.24) is 9.80 Å². The molecular weight excluding hydrogens is 252 g/mol. The molecule has 3 heterocycles. The molecule has 0 bridgehead atoms. The Labute approximate surface area is 109 Å². The van der Waals surface area contributed by atoms with Crippen molar-refractivity contribution >= 4 is 10.1 Å². The van der Waals surface area contributed by atoms with E-state index < -0.39 is 10.1 Å². The van der Waals surface area contributed by atoms with Crippen LogP contribution in [0.5, 0.6) is 0 Å². The van der Waals surface area contributed by atoms with E-state index in [4.69, 9.17) is 4.18 Å². The lowest BCUT2D eigenvalue weighted by Gasteiger charge is -2.38. The lowest BCUT2D eigenvalue weighted by molar-refractivity contribution is 0.216. The van der Waals surface area contributed by atoms with E-state index in [2.05, 4.69) is 16.8 Å². The SMILES string of the molecule is CN1CCC2=C(C1)C(N1CCCC1)CS(=O)(=O)O2. The van der Waals surface area contributed by atoms with Crippen LogP contribution in [0.4, 0.5) is 0 Å². The van der Waals surface area contributed by atoms with Crippen molar-refractivity contribution in [2.24, 2.45) is 0 Å². The zero-order valence-electron chi connectivity index (χ0n) is 10.8. The first-order valence-electron chi connectivity index (χ1n) is 6.62. The van der Waals surface area contributed by atoms with Crippen molar-refractivity contribution in [2.75, 3.05) is 39.0 Å². The number of likely N-dealkylation sites (N-methyl/N-ethyl adjacent to an activating group) is 1. The Balaban J connectivity index is 1.94. The molecule has 0 aliphatic carbocycles. The number of hydrogen-bond donors (Lipinski definition) is 0. The molecule has 0 N–H and O–H groups in total. The first-order valence-corrected chi connectivity index (χ1v) is 8.19. The summed E-state index contributed by atoms with van der Waals surface area (Å²) in [5, 5.41) is 0. The van der Waals surface area contributed by atoms with Gasteiger partial charge in [-0.3, -0.25) is 4.90 Å². The Kier molecular flexibility index (Phi) is 3.11. The van der Waals surface area contributed by atoms with Gasteiger partial charge in [0.05, 0.1) is 6.04 Å². The maximum atomic E-state index is 11.9. The van der Waals surface area contributed by atoms with Crippen LogP contribution in [-0.4, -0.2) is 63.2 Å². The van der Waals surface area contributed by atoms with Gasteiger partial charge in [-0.05, 0) is 33.0 Å². The van der Waals surface area contributed by atoms with Gasteiger partial charge in [0.2, 0.25) is 0 Å². The third-order valence-electron chi connectivity index (χ3n) is 4.09. The fourth-order valence-corrected chi connectivity index (χ4v) is 4.52. The van der Waals surface area contributed by atoms with Crippen LogP contribution in [0.25, 0.3) is 0 Å². The Bertz CT molecular complexity index is 466. The van der Waals surface area contributed by atoms with Crippen LogP contribution < -0.4 is 0 Å². The van der Waals surface area contributed by atoms with Crippen LogP contribution in [0.3, 0.4) is 0 Å². The molecule has 0 spiro atoms. The molecule has 1 fully saturated rings. The smallest absolute Gasteiger partial charge is 0.310 e. The van der Waals surface area contributed by atoms with Crippen molar-refractivity contribution in [2.45, 2.75) is 25.3 Å². The van der Waals surface area contributed by atoms with E-state index in [1.54, 1.807) is 0 Å². The van der Waals surface area contributed by atoms with E-state index in [1.807, 2.05) is 0 Å². The summed E-state index contributed by atoms with van der Waals surface area (Å²) in [6.07, 6.45) is 3.07. The number of rotatable bonds is 1. The molecule has 0 amide bonds. The quantitative estimate of drug-likeness (QED) is 0.647. The van der Waals surface area contributed by atoms with Gasteiger partial charge in [-0.15, -0.1) is 0 Å².